The quantitative estimate of drug-likeness (QED) is 0.775. The SMILES string of the molecule is CC(C)N(CCO)C(=O)C1CCCCN1S(C)(=O)=O. The molecule has 0 aromatic rings. The first-order chi connectivity index (χ1) is 8.79. The minimum Gasteiger partial charge on any atom is -0.395 e. The molecule has 1 unspecified atom stereocenters. The van der Waals surface area contributed by atoms with E-state index in [4.69, 9.17) is 5.11 Å². The first-order valence-electron chi connectivity index (χ1n) is 6.67. The van der Waals surface area contributed by atoms with Crippen LogP contribution >= 0.6 is 0 Å². The summed E-state index contributed by atoms with van der Waals surface area (Å²) in [6.07, 6.45) is 3.34. The number of aliphatic hydroxyl groups is 1. The highest BCUT2D eigenvalue weighted by Crippen LogP contribution is 2.22. The number of carbonyl (C=O) groups excluding carboxylic acids is 1. The van der Waals surface area contributed by atoms with Crippen LogP contribution in [0.1, 0.15) is 33.1 Å². The number of piperidine rings is 1. The summed E-state index contributed by atoms with van der Waals surface area (Å²) in [5.74, 6) is -0.200. The highest BCUT2D eigenvalue weighted by atomic mass is 32.2. The van der Waals surface area contributed by atoms with Gasteiger partial charge in [0.05, 0.1) is 12.9 Å². The van der Waals surface area contributed by atoms with Crippen LogP contribution in [-0.2, 0) is 14.8 Å². The molecule has 19 heavy (non-hydrogen) atoms. The van der Waals surface area contributed by atoms with E-state index < -0.39 is 16.1 Å². The van der Waals surface area contributed by atoms with Crippen LogP contribution in [0.3, 0.4) is 0 Å². The van der Waals surface area contributed by atoms with Crippen molar-refractivity contribution < 1.29 is 18.3 Å². The zero-order valence-electron chi connectivity index (χ0n) is 11.9. The van der Waals surface area contributed by atoms with E-state index in [-0.39, 0.29) is 25.1 Å². The first-order valence-corrected chi connectivity index (χ1v) is 8.52. The van der Waals surface area contributed by atoms with Crippen molar-refractivity contribution in [1.82, 2.24) is 9.21 Å². The molecule has 0 spiro atoms. The van der Waals surface area contributed by atoms with E-state index in [1.54, 1.807) is 4.90 Å². The summed E-state index contributed by atoms with van der Waals surface area (Å²) < 4.78 is 24.8. The number of amides is 1. The molecule has 1 atom stereocenters. The number of carbonyl (C=O) groups is 1. The summed E-state index contributed by atoms with van der Waals surface area (Å²) in [6.45, 7) is 4.25. The second-order valence-electron chi connectivity index (χ2n) is 5.23. The standard InChI is InChI=1S/C12H24N2O4S/c1-10(2)13(8-9-15)12(16)11-6-4-5-7-14(11)19(3,17)18/h10-11,15H,4-9H2,1-3H3. The van der Waals surface area contributed by atoms with Crippen LogP contribution in [0.15, 0.2) is 0 Å². The van der Waals surface area contributed by atoms with Crippen molar-refractivity contribution in [2.24, 2.45) is 0 Å². The lowest BCUT2D eigenvalue weighted by atomic mass is 10.0. The van der Waals surface area contributed by atoms with Gasteiger partial charge in [-0.25, -0.2) is 8.42 Å². The molecular weight excluding hydrogens is 268 g/mol. The van der Waals surface area contributed by atoms with Crippen molar-refractivity contribution in [3.63, 3.8) is 0 Å². The van der Waals surface area contributed by atoms with Gasteiger partial charge in [0.25, 0.3) is 0 Å². The number of hydrogen-bond acceptors (Lipinski definition) is 4. The summed E-state index contributed by atoms with van der Waals surface area (Å²) in [7, 11) is -3.37. The van der Waals surface area contributed by atoms with Crippen LogP contribution < -0.4 is 0 Å². The van der Waals surface area contributed by atoms with Gasteiger partial charge in [0, 0.05) is 19.1 Å². The average Bonchev–Trinajstić information content (AvgIpc) is 2.33. The molecule has 0 radical (unpaired) electrons. The molecule has 0 saturated carbocycles. The van der Waals surface area contributed by atoms with E-state index >= 15 is 0 Å². The van der Waals surface area contributed by atoms with Gasteiger partial charge in [0.1, 0.15) is 6.04 Å². The Morgan fingerprint density at radius 1 is 1.42 bits per heavy atom. The lowest BCUT2D eigenvalue weighted by Gasteiger charge is -2.37. The summed E-state index contributed by atoms with van der Waals surface area (Å²) in [6, 6.07) is -0.666. The smallest absolute Gasteiger partial charge is 0.241 e. The Morgan fingerprint density at radius 3 is 2.53 bits per heavy atom. The van der Waals surface area contributed by atoms with Crippen molar-refractivity contribution >= 4 is 15.9 Å². The van der Waals surface area contributed by atoms with Gasteiger partial charge in [-0.3, -0.25) is 4.79 Å². The molecule has 1 rings (SSSR count). The Balaban J connectivity index is 2.93. The fourth-order valence-electron chi connectivity index (χ4n) is 2.47. The van der Waals surface area contributed by atoms with Gasteiger partial charge in [0.15, 0.2) is 0 Å². The highest BCUT2D eigenvalue weighted by molar-refractivity contribution is 7.88. The van der Waals surface area contributed by atoms with Crippen LogP contribution in [0.5, 0.6) is 0 Å². The van der Waals surface area contributed by atoms with Crippen LogP contribution in [0.4, 0.5) is 0 Å². The summed E-state index contributed by atoms with van der Waals surface area (Å²) in [5, 5.41) is 9.03. The molecule has 1 aliphatic heterocycles. The molecular formula is C12H24N2O4S. The van der Waals surface area contributed by atoms with Crippen molar-refractivity contribution in [3.05, 3.63) is 0 Å². The maximum atomic E-state index is 12.5. The summed E-state index contributed by atoms with van der Waals surface area (Å²) in [4.78, 5) is 14.0. The van der Waals surface area contributed by atoms with Crippen LogP contribution in [0.25, 0.3) is 0 Å². The Hall–Kier alpha value is -0.660. The summed E-state index contributed by atoms with van der Waals surface area (Å²) in [5.41, 5.74) is 0. The van der Waals surface area contributed by atoms with Crippen molar-refractivity contribution in [3.8, 4) is 0 Å². The lowest BCUT2D eigenvalue weighted by molar-refractivity contribution is -0.138. The van der Waals surface area contributed by atoms with Crippen molar-refractivity contribution in [2.45, 2.75) is 45.2 Å². The van der Waals surface area contributed by atoms with E-state index in [1.165, 1.54) is 4.31 Å². The highest BCUT2D eigenvalue weighted by Gasteiger charge is 2.37. The predicted octanol–water partition coefficient (Wildman–Crippen LogP) is 0.0298. The minimum absolute atomic E-state index is 0.0528. The fraction of sp³-hybridized carbons (Fsp3) is 0.917. The summed E-state index contributed by atoms with van der Waals surface area (Å²) >= 11 is 0. The van der Waals surface area contributed by atoms with Gasteiger partial charge < -0.3 is 10.0 Å². The first kappa shape index (κ1) is 16.4. The number of hydrogen-bond donors (Lipinski definition) is 1. The van der Waals surface area contributed by atoms with Gasteiger partial charge >= 0.3 is 0 Å². The molecule has 1 fully saturated rings. The molecule has 7 heteroatoms. The molecule has 0 bridgehead atoms. The molecule has 0 aromatic carbocycles. The van der Waals surface area contributed by atoms with Crippen molar-refractivity contribution in [2.75, 3.05) is 26.0 Å². The van der Waals surface area contributed by atoms with Gasteiger partial charge in [0.2, 0.25) is 15.9 Å². The molecule has 6 nitrogen and oxygen atoms in total. The Kier molecular flexibility index (Phi) is 5.76. The van der Waals surface area contributed by atoms with E-state index in [0.29, 0.717) is 13.0 Å². The number of aliphatic hydroxyl groups excluding tert-OH is 1. The topological polar surface area (TPSA) is 77.9 Å². The van der Waals surface area contributed by atoms with E-state index in [1.807, 2.05) is 13.8 Å². The molecule has 1 heterocycles. The lowest BCUT2D eigenvalue weighted by Crippen LogP contribution is -2.54. The fourth-order valence-corrected chi connectivity index (χ4v) is 3.59. The third kappa shape index (κ3) is 4.15. The van der Waals surface area contributed by atoms with Gasteiger partial charge in [-0.05, 0) is 26.7 Å². The normalized spacial score (nSPS) is 21.6. The molecule has 1 saturated heterocycles. The molecule has 0 aromatic heterocycles. The number of rotatable bonds is 5. The monoisotopic (exact) mass is 292 g/mol. The second kappa shape index (κ2) is 6.67. The maximum Gasteiger partial charge on any atom is 0.241 e. The maximum absolute atomic E-state index is 12.5. The largest absolute Gasteiger partial charge is 0.395 e. The van der Waals surface area contributed by atoms with Gasteiger partial charge in [-0.15, -0.1) is 0 Å². The molecule has 112 valence electrons. The Labute approximate surface area is 115 Å². The van der Waals surface area contributed by atoms with Crippen molar-refractivity contribution in [1.29, 1.82) is 0 Å². The van der Waals surface area contributed by atoms with Gasteiger partial charge in [-0.2, -0.15) is 4.31 Å². The number of sulfonamides is 1. The third-order valence-corrected chi connectivity index (χ3v) is 4.70. The Morgan fingerprint density at radius 2 is 2.05 bits per heavy atom. The molecule has 1 aliphatic rings. The number of nitrogens with zero attached hydrogens (tertiary/aromatic N) is 2. The zero-order valence-corrected chi connectivity index (χ0v) is 12.7. The predicted molar refractivity (Wildman–Crippen MR) is 73.1 cm³/mol. The molecule has 1 N–H and O–H groups in total. The van der Waals surface area contributed by atoms with E-state index in [9.17, 15) is 13.2 Å². The van der Waals surface area contributed by atoms with Crippen LogP contribution in [0, 0.1) is 0 Å². The molecule has 0 aliphatic carbocycles. The van der Waals surface area contributed by atoms with Crippen LogP contribution in [-0.4, -0.2) is 66.7 Å². The van der Waals surface area contributed by atoms with Crippen LogP contribution in [0.2, 0.25) is 0 Å². The second-order valence-corrected chi connectivity index (χ2v) is 7.17. The van der Waals surface area contributed by atoms with Gasteiger partial charge in [-0.1, -0.05) is 6.42 Å². The zero-order chi connectivity index (χ0) is 14.6. The average molecular weight is 292 g/mol. The molecule has 1 amide bonds. The Bertz CT molecular complexity index is 408. The van der Waals surface area contributed by atoms with E-state index in [0.717, 1.165) is 19.1 Å². The van der Waals surface area contributed by atoms with E-state index in [2.05, 4.69) is 0 Å². The third-order valence-electron chi connectivity index (χ3n) is 3.41. The minimum atomic E-state index is -3.37.